The lowest BCUT2D eigenvalue weighted by Gasteiger charge is -1.99. The fraction of sp³-hybridized carbons (Fsp3) is 0.750. The highest BCUT2D eigenvalue weighted by Crippen LogP contribution is 2.39. The van der Waals surface area contributed by atoms with Gasteiger partial charge in [0.1, 0.15) is 11.0 Å². The number of nitrogens with two attached hydrogens (primary N) is 1. The fourth-order valence-corrected chi connectivity index (χ4v) is 1.40. The fourth-order valence-electron chi connectivity index (χ4n) is 0.593. The second-order valence-electron chi connectivity index (χ2n) is 2.23. The maximum atomic E-state index is 10.5. The van der Waals surface area contributed by atoms with Gasteiger partial charge in [0, 0.05) is 0 Å². The van der Waals surface area contributed by atoms with E-state index in [1.807, 2.05) is 0 Å². The Kier molecular flexibility index (Phi) is 1.15. The molecule has 0 aliphatic heterocycles. The molecule has 52 valence electrons. The van der Waals surface area contributed by atoms with E-state index in [0.29, 0.717) is 19.1 Å². The Hall–Kier alpha value is -0.420. The average Bonchev–Trinajstić information content (AvgIpc) is 2.40. The number of sulfonamides is 1. The molecule has 0 atom stereocenters. The summed E-state index contributed by atoms with van der Waals surface area (Å²) in [6.07, 6.45) is 1.19. The van der Waals surface area contributed by atoms with Crippen molar-refractivity contribution in [2.75, 3.05) is 0 Å². The number of hydrogen-bond acceptors (Lipinski definition) is 3. The van der Waals surface area contributed by atoms with E-state index in [4.69, 9.17) is 5.14 Å². The average molecular weight is 149 g/mol. The first-order valence-electron chi connectivity index (χ1n) is 2.50. The second-order valence-corrected chi connectivity index (χ2v) is 4.13. The van der Waals surface area contributed by atoms with Crippen molar-refractivity contribution in [2.45, 2.75) is 17.6 Å². The molecule has 0 amide bonds. The van der Waals surface area contributed by atoms with Crippen molar-refractivity contribution in [1.29, 1.82) is 0 Å². The topological polar surface area (TPSA) is 77.2 Å². The largest absolute Gasteiger partial charge is 0.302 e. The van der Waals surface area contributed by atoms with Crippen molar-refractivity contribution in [1.82, 2.24) is 0 Å². The Bertz CT molecular complexity index is 226. The van der Waals surface area contributed by atoms with Crippen LogP contribution in [0.1, 0.15) is 12.8 Å². The summed E-state index contributed by atoms with van der Waals surface area (Å²) in [6, 6.07) is 0. The van der Waals surface area contributed by atoms with Gasteiger partial charge in [-0.25, -0.2) is 13.6 Å². The molecule has 1 fully saturated rings. The Morgan fingerprint density at radius 2 is 1.89 bits per heavy atom. The highest BCUT2D eigenvalue weighted by molar-refractivity contribution is 7.91. The van der Waals surface area contributed by atoms with Crippen molar-refractivity contribution < 1.29 is 13.2 Å². The quantitative estimate of drug-likeness (QED) is 0.512. The van der Waals surface area contributed by atoms with E-state index >= 15 is 0 Å². The van der Waals surface area contributed by atoms with E-state index < -0.39 is 14.8 Å². The van der Waals surface area contributed by atoms with Gasteiger partial charge >= 0.3 is 0 Å². The van der Waals surface area contributed by atoms with Gasteiger partial charge in [-0.15, -0.1) is 0 Å². The highest BCUT2D eigenvalue weighted by atomic mass is 32.2. The molecule has 0 heterocycles. The molecule has 0 spiro atoms. The molecule has 0 aromatic carbocycles. The van der Waals surface area contributed by atoms with Crippen molar-refractivity contribution in [3.8, 4) is 0 Å². The van der Waals surface area contributed by atoms with Gasteiger partial charge in [-0.2, -0.15) is 0 Å². The number of carbonyl (C=O) groups excluding carboxylic acids is 1. The van der Waals surface area contributed by atoms with Crippen LogP contribution in [-0.2, 0) is 14.8 Å². The lowest BCUT2D eigenvalue weighted by Crippen LogP contribution is -2.31. The van der Waals surface area contributed by atoms with E-state index in [9.17, 15) is 13.2 Å². The van der Waals surface area contributed by atoms with Crippen molar-refractivity contribution in [3.05, 3.63) is 0 Å². The predicted octanol–water partition coefficient (Wildman–Crippen LogP) is -0.994. The summed E-state index contributed by atoms with van der Waals surface area (Å²) in [5, 5.41) is 4.73. The minimum Gasteiger partial charge on any atom is -0.302 e. The Morgan fingerprint density at radius 3 is 1.89 bits per heavy atom. The molecule has 1 aliphatic rings. The van der Waals surface area contributed by atoms with Gasteiger partial charge in [0.05, 0.1) is 0 Å². The van der Waals surface area contributed by atoms with Gasteiger partial charge in [-0.3, -0.25) is 0 Å². The lowest BCUT2D eigenvalue weighted by atomic mass is 10.5. The van der Waals surface area contributed by atoms with Crippen LogP contribution < -0.4 is 5.14 Å². The zero-order valence-corrected chi connectivity index (χ0v) is 5.52. The number of primary sulfonamides is 1. The van der Waals surface area contributed by atoms with Crippen LogP contribution in [-0.4, -0.2) is 19.5 Å². The molecule has 4 nitrogen and oxygen atoms in total. The van der Waals surface area contributed by atoms with E-state index in [1.54, 1.807) is 0 Å². The smallest absolute Gasteiger partial charge is 0.221 e. The Balaban J connectivity index is 2.97. The molecule has 1 aliphatic carbocycles. The first kappa shape index (κ1) is 6.70. The van der Waals surface area contributed by atoms with Gasteiger partial charge in [0.25, 0.3) is 0 Å². The van der Waals surface area contributed by atoms with Gasteiger partial charge in [0.2, 0.25) is 10.0 Å². The molecule has 2 N–H and O–H groups in total. The molecule has 0 bridgehead atoms. The summed E-state index contributed by atoms with van der Waals surface area (Å²) in [7, 11) is -3.61. The first-order valence-corrected chi connectivity index (χ1v) is 4.05. The minimum atomic E-state index is -3.61. The minimum absolute atomic E-state index is 0.384. The van der Waals surface area contributed by atoms with Gasteiger partial charge in [0.15, 0.2) is 0 Å². The zero-order chi connectivity index (χ0) is 7.12. The van der Waals surface area contributed by atoms with Crippen LogP contribution in [0.25, 0.3) is 0 Å². The third-order valence-electron chi connectivity index (χ3n) is 1.52. The van der Waals surface area contributed by atoms with Crippen LogP contribution >= 0.6 is 0 Å². The summed E-state index contributed by atoms with van der Waals surface area (Å²) >= 11 is 0. The Morgan fingerprint density at radius 1 is 1.44 bits per heavy atom. The normalized spacial score (nSPS) is 23.2. The first-order chi connectivity index (χ1) is 4.02. The molecule has 0 radical (unpaired) electrons. The van der Waals surface area contributed by atoms with E-state index in [0.717, 1.165) is 0 Å². The maximum Gasteiger partial charge on any atom is 0.221 e. The van der Waals surface area contributed by atoms with Gasteiger partial charge in [-0.05, 0) is 12.8 Å². The monoisotopic (exact) mass is 149 g/mol. The predicted molar refractivity (Wildman–Crippen MR) is 31.1 cm³/mol. The second kappa shape index (κ2) is 1.54. The number of aldehydes is 1. The molecule has 0 aromatic heterocycles. The third-order valence-corrected chi connectivity index (χ3v) is 3.16. The molecule has 9 heavy (non-hydrogen) atoms. The summed E-state index contributed by atoms with van der Waals surface area (Å²) in [5.74, 6) is 0. The molecule has 1 rings (SSSR count). The molecular formula is C4H7NO3S. The standard InChI is InChI=1S/C4H7NO3S/c5-9(7,8)4(3-6)1-2-4/h3H,1-2H2,(H2,5,7,8). The lowest BCUT2D eigenvalue weighted by molar-refractivity contribution is -0.108. The van der Waals surface area contributed by atoms with Crippen LogP contribution in [0, 0.1) is 0 Å². The van der Waals surface area contributed by atoms with Gasteiger partial charge in [-0.1, -0.05) is 0 Å². The summed E-state index contributed by atoms with van der Waals surface area (Å²) in [4.78, 5) is 10.1. The zero-order valence-electron chi connectivity index (χ0n) is 4.70. The molecule has 1 saturated carbocycles. The number of carbonyl (C=O) groups is 1. The van der Waals surface area contributed by atoms with E-state index in [1.165, 1.54) is 0 Å². The number of hydrogen-bond donors (Lipinski definition) is 1. The van der Waals surface area contributed by atoms with Crippen molar-refractivity contribution in [2.24, 2.45) is 5.14 Å². The molecular weight excluding hydrogens is 142 g/mol. The van der Waals surface area contributed by atoms with Gasteiger partial charge < -0.3 is 4.79 Å². The van der Waals surface area contributed by atoms with E-state index in [-0.39, 0.29) is 0 Å². The Labute approximate surface area is 53.1 Å². The highest BCUT2D eigenvalue weighted by Gasteiger charge is 2.53. The van der Waals surface area contributed by atoms with Crippen molar-refractivity contribution >= 4 is 16.3 Å². The van der Waals surface area contributed by atoms with Crippen LogP contribution in [0.2, 0.25) is 0 Å². The van der Waals surface area contributed by atoms with Crippen molar-refractivity contribution in [3.63, 3.8) is 0 Å². The number of rotatable bonds is 2. The molecule has 0 saturated heterocycles. The summed E-state index contributed by atoms with van der Waals surface area (Å²) in [5.41, 5.74) is 0. The van der Waals surface area contributed by atoms with Crippen LogP contribution in [0.15, 0.2) is 0 Å². The van der Waals surface area contributed by atoms with Crippen LogP contribution in [0.3, 0.4) is 0 Å². The molecule has 5 heteroatoms. The molecule has 0 aromatic rings. The van der Waals surface area contributed by atoms with E-state index in [2.05, 4.69) is 0 Å². The SMILES string of the molecule is NS(=O)(=O)C1(C=O)CC1. The maximum absolute atomic E-state index is 10.5. The van der Waals surface area contributed by atoms with Crippen LogP contribution in [0.4, 0.5) is 0 Å². The molecule has 0 unspecified atom stereocenters. The van der Waals surface area contributed by atoms with Crippen LogP contribution in [0.5, 0.6) is 0 Å². The third kappa shape index (κ3) is 0.859. The summed E-state index contributed by atoms with van der Waals surface area (Å²) in [6.45, 7) is 0. The summed E-state index contributed by atoms with van der Waals surface area (Å²) < 4.78 is 19.8.